The Balaban J connectivity index is 2.36. The van der Waals surface area contributed by atoms with Crippen LogP contribution < -0.4 is 0 Å². The number of methoxy groups -OCH3 is 1. The zero-order valence-electron chi connectivity index (χ0n) is 11.5. The summed E-state index contributed by atoms with van der Waals surface area (Å²) in [5, 5.41) is 9.14. The molecule has 1 saturated heterocycles. The first kappa shape index (κ1) is 14.5. The Hall–Kier alpha value is -0.610. The number of piperidine rings is 1. The number of ether oxygens (including phenoxy) is 1. The summed E-state index contributed by atoms with van der Waals surface area (Å²) in [6.45, 7) is 8.75. The van der Waals surface area contributed by atoms with Crippen molar-refractivity contribution in [3.8, 4) is 0 Å². The van der Waals surface area contributed by atoms with Crippen LogP contribution in [0.15, 0.2) is 0 Å². The monoisotopic (exact) mass is 243 g/mol. The average molecular weight is 243 g/mol. The van der Waals surface area contributed by atoms with Crippen LogP contribution in [0.5, 0.6) is 0 Å². The van der Waals surface area contributed by atoms with Crippen LogP contribution in [0.1, 0.15) is 40.0 Å². The zero-order chi connectivity index (χ0) is 13.1. The lowest BCUT2D eigenvalue weighted by atomic mass is 9.80. The molecule has 0 atom stereocenters. The van der Waals surface area contributed by atoms with E-state index in [2.05, 4.69) is 18.7 Å². The number of carboxylic acids is 1. The third-order valence-corrected chi connectivity index (χ3v) is 4.06. The molecule has 1 fully saturated rings. The van der Waals surface area contributed by atoms with Crippen molar-refractivity contribution >= 4 is 5.97 Å². The molecule has 1 N–H and O–H groups in total. The van der Waals surface area contributed by atoms with Gasteiger partial charge in [0.25, 0.3) is 0 Å². The normalized spacial score (nSPS) is 21.4. The van der Waals surface area contributed by atoms with Crippen molar-refractivity contribution in [2.45, 2.75) is 45.6 Å². The molecule has 0 unspecified atom stereocenters. The van der Waals surface area contributed by atoms with Crippen molar-refractivity contribution in [1.82, 2.24) is 4.90 Å². The van der Waals surface area contributed by atoms with Crippen LogP contribution in [-0.4, -0.2) is 48.3 Å². The fourth-order valence-corrected chi connectivity index (χ4v) is 2.01. The van der Waals surface area contributed by atoms with E-state index in [4.69, 9.17) is 9.84 Å². The highest BCUT2D eigenvalue weighted by molar-refractivity contribution is 5.74. The molecule has 4 nitrogen and oxygen atoms in total. The third-order valence-electron chi connectivity index (χ3n) is 4.06. The van der Waals surface area contributed by atoms with Gasteiger partial charge in [-0.2, -0.15) is 0 Å². The number of rotatable bonds is 5. The average Bonchev–Trinajstić information content (AvgIpc) is 2.28. The summed E-state index contributed by atoms with van der Waals surface area (Å²) >= 11 is 0. The molecule has 100 valence electrons. The highest BCUT2D eigenvalue weighted by Gasteiger charge is 2.36. The van der Waals surface area contributed by atoms with Gasteiger partial charge in [-0.05, 0) is 53.1 Å². The highest BCUT2D eigenvalue weighted by atomic mass is 16.5. The van der Waals surface area contributed by atoms with E-state index in [9.17, 15) is 4.79 Å². The van der Waals surface area contributed by atoms with E-state index in [-0.39, 0.29) is 5.60 Å². The Morgan fingerprint density at radius 3 is 2.35 bits per heavy atom. The summed E-state index contributed by atoms with van der Waals surface area (Å²) in [5.74, 6) is -0.658. The van der Waals surface area contributed by atoms with Crippen LogP contribution in [0.25, 0.3) is 0 Å². The molecule has 0 aromatic heterocycles. The molecule has 0 aromatic rings. The number of carbonyl (C=O) groups is 1. The molecule has 4 heteroatoms. The van der Waals surface area contributed by atoms with Crippen molar-refractivity contribution in [2.24, 2.45) is 5.41 Å². The Kier molecular flexibility index (Phi) is 4.55. The first-order valence-corrected chi connectivity index (χ1v) is 6.30. The van der Waals surface area contributed by atoms with E-state index in [0.717, 1.165) is 38.9 Å². The first-order valence-electron chi connectivity index (χ1n) is 6.30. The molecule has 0 aliphatic carbocycles. The van der Waals surface area contributed by atoms with Crippen LogP contribution in [0.3, 0.4) is 0 Å². The van der Waals surface area contributed by atoms with E-state index in [1.807, 2.05) is 6.92 Å². The van der Waals surface area contributed by atoms with Gasteiger partial charge < -0.3 is 14.7 Å². The number of likely N-dealkylation sites (tertiary alicyclic amines) is 1. The maximum Gasteiger partial charge on any atom is 0.309 e. The fraction of sp³-hybridized carbons (Fsp3) is 0.923. The van der Waals surface area contributed by atoms with Crippen LogP contribution in [0, 0.1) is 5.41 Å². The standard InChI is InChI=1S/C13H25NO3/c1-12(2,17-4)5-8-14-9-6-13(3,7-10-14)11(15)16/h5-10H2,1-4H3,(H,15,16). The van der Waals surface area contributed by atoms with Gasteiger partial charge in [0.1, 0.15) is 0 Å². The SMILES string of the molecule is COC(C)(C)CCN1CCC(C)(C(=O)O)CC1. The number of nitrogens with zero attached hydrogens (tertiary/aromatic N) is 1. The van der Waals surface area contributed by atoms with E-state index in [1.54, 1.807) is 7.11 Å². The molecule has 0 radical (unpaired) electrons. The van der Waals surface area contributed by atoms with Gasteiger partial charge in [-0.1, -0.05) is 0 Å². The predicted octanol–water partition coefficient (Wildman–Crippen LogP) is 1.99. The van der Waals surface area contributed by atoms with Crippen molar-refractivity contribution < 1.29 is 14.6 Å². The Morgan fingerprint density at radius 1 is 1.41 bits per heavy atom. The molecule has 0 saturated carbocycles. The topological polar surface area (TPSA) is 49.8 Å². The molecule has 0 aromatic carbocycles. The summed E-state index contributed by atoms with van der Waals surface area (Å²) in [7, 11) is 1.73. The van der Waals surface area contributed by atoms with Crippen molar-refractivity contribution in [2.75, 3.05) is 26.7 Å². The lowest BCUT2D eigenvalue weighted by Gasteiger charge is -2.37. The number of carboxylic acid groups (broad SMARTS) is 1. The predicted molar refractivity (Wildman–Crippen MR) is 67.1 cm³/mol. The van der Waals surface area contributed by atoms with Gasteiger partial charge in [-0.3, -0.25) is 4.79 Å². The van der Waals surface area contributed by atoms with E-state index in [0.29, 0.717) is 0 Å². The minimum Gasteiger partial charge on any atom is -0.481 e. The second-order valence-corrected chi connectivity index (χ2v) is 5.92. The Morgan fingerprint density at radius 2 is 1.94 bits per heavy atom. The lowest BCUT2D eigenvalue weighted by molar-refractivity contribution is -0.150. The van der Waals surface area contributed by atoms with Gasteiger partial charge in [0.05, 0.1) is 11.0 Å². The summed E-state index contributed by atoms with van der Waals surface area (Å²) in [6.07, 6.45) is 2.47. The largest absolute Gasteiger partial charge is 0.481 e. The lowest BCUT2D eigenvalue weighted by Crippen LogP contribution is -2.44. The van der Waals surface area contributed by atoms with E-state index >= 15 is 0 Å². The van der Waals surface area contributed by atoms with Crippen LogP contribution in [0.4, 0.5) is 0 Å². The van der Waals surface area contributed by atoms with Gasteiger partial charge in [-0.15, -0.1) is 0 Å². The molecule has 0 bridgehead atoms. The second kappa shape index (κ2) is 5.36. The Bertz CT molecular complexity index is 268. The van der Waals surface area contributed by atoms with Crippen molar-refractivity contribution in [1.29, 1.82) is 0 Å². The molecule has 17 heavy (non-hydrogen) atoms. The Labute approximate surface area is 104 Å². The van der Waals surface area contributed by atoms with Crippen LogP contribution in [-0.2, 0) is 9.53 Å². The van der Waals surface area contributed by atoms with Gasteiger partial charge in [0, 0.05) is 13.7 Å². The molecule has 0 spiro atoms. The summed E-state index contributed by atoms with van der Waals surface area (Å²) in [4.78, 5) is 13.4. The molecular formula is C13H25NO3. The van der Waals surface area contributed by atoms with E-state index in [1.165, 1.54) is 0 Å². The maximum atomic E-state index is 11.1. The molecule has 1 heterocycles. The molecule has 1 aliphatic heterocycles. The van der Waals surface area contributed by atoms with Gasteiger partial charge >= 0.3 is 5.97 Å². The highest BCUT2D eigenvalue weighted by Crippen LogP contribution is 2.31. The van der Waals surface area contributed by atoms with Crippen LogP contribution >= 0.6 is 0 Å². The number of hydrogen-bond donors (Lipinski definition) is 1. The zero-order valence-corrected chi connectivity index (χ0v) is 11.5. The number of hydrogen-bond acceptors (Lipinski definition) is 3. The summed E-state index contributed by atoms with van der Waals surface area (Å²) in [5.41, 5.74) is -0.610. The molecular weight excluding hydrogens is 218 g/mol. The number of aliphatic carboxylic acids is 1. The molecule has 1 rings (SSSR count). The van der Waals surface area contributed by atoms with Gasteiger partial charge in [-0.25, -0.2) is 0 Å². The second-order valence-electron chi connectivity index (χ2n) is 5.92. The van der Waals surface area contributed by atoms with Gasteiger partial charge in [0.2, 0.25) is 0 Å². The van der Waals surface area contributed by atoms with Crippen LogP contribution in [0.2, 0.25) is 0 Å². The fourth-order valence-electron chi connectivity index (χ4n) is 2.01. The quantitative estimate of drug-likeness (QED) is 0.802. The minimum atomic E-state index is -0.658. The van der Waals surface area contributed by atoms with Crippen molar-refractivity contribution in [3.63, 3.8) is 0 Å². The first-order chi connectivity index (χ1) is 7.79. The summed E-state index contributed by atoms with van der Waals surface area (Å²) < 4.78 is 5.39. The molecule has 0 amide bonds. The molecule has 1 aliphatic rings. The maximum absolute atomic E-state index is 11.1. The smallest absolute Gasteiger partial charge is 0.309 e. The summed E-state index contributed by atoms with van der Waals surface area (Å²) in [6, 6.07) is 0. The third kappa shape index (κ3) is 3.96. The van der Waals surface area contributed by atoms with Crippen molar-refractivity contribution in [3.05, 3.63) is 0 Å². The van der Waals surface area contributed by atoms with Gasteiger partial charge in [0.15, 0.2) is 0 Å². The minimum absolute atomic E-state index is 0.0897. The van der Waals surface area contributed by atoms with E-state index < -0.39 is 11.4 Å².